The van der Waals surface area contributed by atoms with Gasteiger partial charge in [0.05, 0.1) is 24.0 Å². The minimum absolute atomic E-state index is 0.577. The average molecular weight is 226 g/mol. The van der Waals surface area contributed by atoms with Gasteiger partial charge in [-0.15, -0.1) is 11.6 Å². The van der Waals surface area contributed by atoms with Crippen LogP contribution in [0.5, 0.6) is 5.75 Å². The highest BCUT2D eigenvalue weighted by Gasteiger charge is 2.04. The van der Waals surface area contributed by atoms with Crippen molar-refractivity contribution in [3.63, 3.8) is 0 Å². The molecule has 15 heavy (non-hydrogen) atoms. The summed E-state index contributed by atoms with van der Waals surface area (Å²) in [7, 11) is 0. The fraction of sp³-hybridized carbons (Fsp3) is 0.300. The predicted octanol–water partition coefficient (Wildman–Crippen LogP) is 2.15. The first kappa shape index (κ1) is 10.1. The first-order chi connectivity index (χ1) is 7.31. The maximum atomic E-state index is 5.83. The molecule has 0 bridgehead atoms. The Bertz CT molecular complexity index is 455. The number of nitrogens with two attached hydrogens (primary N) is 1. The SMILES string of the molecule is Nc1cc2cn[nH]c2cc1OCCCCl. The van der Waals surface area contributed by atoms with Gasteiger partial charge in [-0.2, -0.15) is 5.10 Å². The second-order valence-corrected chi connectivity index (χ2v) is 3.62. The molecule has 2 aromatic rings. The van der Waals surface area contributed by atoms with Gasteiger partial charge in [0, 0.05) is 17.3 Å². The fourth-order valence-electron chi connectivity index (χ4n) is 1.35. The van der Waals surface area contributed by atoms with Gasteiger partial charge in [-0.1, -0.05) is 0 Å². The van der Waals surface area contributed by atoms with Gasteiger partial charge in [-0.05, 0) is 12.5 Å². The minimum Gasteiger partial charge on any atom is -0.491 e. The Labute approximate surface area is 92.4 Å². The average Bonchev–Trinajstić information content (AvgIpc) is 2.65. The number of nitrogens with one attached hydrogen (secondary N) is 1. The number of fused-ring (bicyclic) bond motifs is 1. The maximum absolute atomic E-state index is 5.83. The van der Waals surface area contributed by atoms with Crippen molar-refractivity contribution in [2.45, 2.75) is 6.42 Å². The van der Waals surface area contributed by atoms with E-state index in [0.717, 1.165) is 17.3 Å². The molecule has 0 radical (unpaired) electrons. The van der Waals surface area contributed by atoms with Crippen LogP contribution >= 0.6 is 11.6 Å². The van der Waals surface area contributed by atoms with Crippen LogP contribution < -0.4 is 10.5 Å². The number of benzene rings is 1. The Kier molecular flexibility index (Phi) is 2.97. The van der Waals surface area contributed by atoms with Crippen LogP contribution in [-0.2, 0) is 0 Å². The lowest BCUT2D eigenvalue weighted by atomic mass is 10.2. The van der Waals surface area contributed by atoms with Gasteiger partial charge in [0.2, 0.25) is 0 Å². The maximum Gasteiger partial charge on any atom is 0.144 e. The van der Waals surface area contributed by atoms with Crippen LogP contribution in [0.25, 0.3) is 10.9 Å². The molecule has 0 atom stereocenters. The van der Waals surface area contributed by atoms with Crippen molar-refractivity contribution in [2.75, 3.05) is 18.2 Å². The molecule has 0 aliphatic rings. The Balaban J connectivity index is 2.22. The smallest absolute Gasteiger partial charge is 0.144 e. The third-order valence-electron chi connectivity index (χ3n) is 2.11. The molecule has 0 saturated heterocycles. The summed E-state index contributed by atoms with van der Waals surface area (Å²) in [5.41, 5.74) is 7.37. The molecular formula is C10H12ClN3O. The monoisotopic (exact) mass is 225 g/mol. The van der Waals surface area contributed by atoms with Crippen molar-refractivity contribution in [3.05, 3.63) is 18.3 Å². The minimum atomic E-state index is 0.577. The molecule has 0 saturated carbocycles. The van der Waals surface area contributed by atoms with Gasteiger partial charge in [-0.25, -0.2) is 0 Å². The lowest BCUT2D eigenvalue weighted by Crippen LogP contribution is -2.00. The molecule has 0 amide bonds. The van der Waals surface area contributed by atoms with Crippen molar-refractivity contribution in [2.24, 2.45) is 0 Å². The number of rotatable bonds is 4. The van der Waals surface area contributed by atoms with Crippen molar-refractivity contribution in [1.82, 2.24) is 10.2 Å². The largest absolute Gasteiger partial charge is 0.491 e. The third kappa shape index (κ3) is 2.15. The second kappa shape index (κ2) is 4.40. The number of H-pyrrole nitrogens is 1. The summed E-state index contributed by atoms with van der Waals surface area (Å²) in [6.07, 6.45) is 2.54. The highest BCUT2D eigenvalue weighted by Crippen LogP contribution is 2.26. The van der Waals surface area contributed by atoms with Gasteiger partial charge in [-0.3, -0.25) is 5.10 Å². The molecule has 0 aliphatic heterocycles. The summed E-state index contributed by atoms with van der Waals surface area (Å²) in [4.78, 5) is 0. The van der Waals surface area contributed by atoms with E-state index in [1.807, 2.05) is 12.1 Å². The standard InChI is InChI=1S/C10H12ClN3O/c11-2-1-3-15-10-5-9-7(4-8(10)12)6-13-14-9/h4-6H,1-3,12H2,(H,13,14). The van der Waals surface area contributed by atoms with Crippen molar-refractivity contribution in [3.8, 4) is 5.75 Å². The van der Waals surface area contributed by atoms with Crippen LogP contribution in [-0.4, -0.2) is 22.7 Å². The Morgan fingerprint density at radius 3 is 3.13 bits per heavy atom. The number of nitrogen functional groups attached to an aromatic ring is 1. The van der Waals surface area contributed by atoms with Gasteiger partial charge in [0.15, 0.2) is 0 Å². The molecule has 80 valence electrons. The molecule has 5 heteroatoms. The van der Waals surface area contributed by atoms with Gasteiger partial charge >= 0.3 is 0 Å². The molecule has 0 fully saturated rings. The van der Waals surface area contributed by atoms with Crippen molar-refractivity contribution in [1.29, 1.82) is 0 Å². The third-order valence-corrected chi connectivity index (χ3v) is 2.37. The molecule has 1 aromatic carbocycles. The summed E-state index contributed by atoms with van der Waals surface area (Å²) < 4.78 is 5.50. The fourth-order valence-corrected chi connectivity index (χ4v) is 1.46. The van der Waals surface area contributed by atoms with E-state index < -0.39 is 0 Å². The van der Waals surface area contributed by atoms with Gasteiger partial charge < -0.3 is 10.5 Å². The molecule has 0 spiro atoms. The molecule has 4 nitrogen and oxygen atoms in total. The number of alkyl halides is 1. The first-order valence-electron chi connectivity index (χ1n) is 4.72. The van der Waals surface area contributed by atoms with Crippen LogP contribution in [0.1, 0.15) is 6.42 Å². The Morgan fingerprint density at radius 2 is 2.33 bits per heavy atom. The Morgan fingerprint density at radius 1 is 1.47 bits per heavy atom. The van der Waals surface area contributed by atoms with E-state index in [9.17, 15) is 0 Å². The van der Waals surface area contributed by atoms with E-state index in [4.69, 9.17) is 22.1 Å². The van der Waals surface area contributed by atoms with E-state index in [1.165, 1.54) is 0 Å². The lowest BCUT2D eigenvalue weighted by molar-refractivity contribution is 0.320. The normalized spacial score (nSPS) is 10.7. The molecule has 0 unspecified atom stereocenters. The zero-order valence-electron chi connectivity index (χ0n) is 8.16. The van der Waals surface area contributed by atoms with Gasteiger partial charge in [0.25, 0.3) is 0 Å². The van der Waals surface area contributed by atoms with Crippen LogP contribution in [0.15, 0.2) is 18.3 Å². The first-order valence-corrected chi connectivity index (χ1v) is 5.26. The summed E-state index contributed by atoms with van der Waals surface area (Å²) in [6.45, 7) is 0.577. The van der Waals surface area contributed by atoms with E-state index in [2.05, 4.69) is 10.2 Å². The number of nitrogens with zero attached hydrogens (tertiary/aromatic N) is 1. The molecule has 2 rings (SSSR count). The zero-order valence-corrected chi connectivity index (χ0v) is 8.92. The van der Waals surface area contributed by atoms with Crippen LogP contribution in [0, 0.1) is 0 Å². The van der Waals surface area contributed by atoms with Crippen molar-refractivity contribution < 1.29 is 4.74 Å². The molecule has 0 aliphatic carbocycles. The lowest BCUT2D eigenvalue weighted by Gasteiger charge is -2.07. The zero-order chi connectivity index (χ0) is 10.7. The van der Waals surface area contributed by atoms with Crippen molar-refractivity contribution >= 4 is 28.2 Å². The van der Waals surface area contributed by atoms with E-state index in [-0.39, 0.29) is 0 Å². The number of ether oxygens (including phenoxy) is 1. The number of hydrogen-bond donors (Lipinski definition) is 2. The summed E-state index contributed by atoms with van der Waals surface area (Å²) in [5, 5.41) is 7.77. The molecule has 1 aromatic heterocycles. The van der Waals surface area contributed by atoms with E-state index in [1.54, 1.807) is 6.20 Å². The molecule has 3 N–H and O–H groups in total. The topological polar surface area (TPSA) is 63.9 Å². The summed E-state index contributed by atoms with van der Waals surface area (Å²) in [6, 6.07) is 3.70. The second-order valence-electron chi connectivity index (χ2n) is 3.24. The number of aromatic nitrogens is 2. The Hall–Kier alpha value is -1.42. The van der Waals surface area contributed by atoms with E-state index in [0.29, 0.717) is 23.9 Å². The number of halogens is 1. The number of anilines is 1. The summed E-state index contributed by atoms with van der Waals surface area (Å²) in [5.74, 6) is 1.27. The highest BCUT2D eigenvalue weighted by molar-refractivity contribution is 6.17. The quantitative estimate of drug-likeness (QED) is 0.476. The van der Waals surface area contributed by atoms with Crippen LogP contribution in [0.2, 0.25) is 0 Å². The highest BCUT2D eigenvalue weighted by atomic mass is 35.5. The van der Waals surface area contributed by atoms with Crippen LogP contribution in [0.4, 0.5) is 5.69 Å². The molecular weight excluding hydrogens is 214 g/mol. The van der Waals surface area contributed by atoms with E-state index >= 15 is 0 Å². The van der Waals surface area contributed by atoms with Gasteiger partial charge in [0.1, 0.15) is 5.75 Å². The predicted molar refractivity (Wildman–Crippen MR) is 61.3 cm³/mol. The number of hydrogen-bond acceptors (Lipinski definition) is 3. The van der Waals surface area contributed by atoms with Crippen LogP contribution in [0.3, 0.4) is 0 Å². The summed E-state index contributed by atoms with van der Waals surface area (Å²) >= 11 is 5.56. The number of aromatic amines is 1. The molecule has 1 heterocycles.